The molecule has 1 aliphatic heterocycles. The Morgan fingerprint density at radius 2 is 2.09 bits per heavy atom. The topological polar surface area (TPSA) is 72.4 Å². The van der Waals surface area contributed by atoms with E-state index in [0.717, 1.165) is 10.2 Å². The summed E-state index contributed by atoms with van der Waals surface area (Å²) in [4.78, 5) is 8.42. The van der Waals surface area contributed by atoms with Gasteiger partial charge in [-0.25, -0.2) is 22.7 Å². The minimum absolute atomic E-state index is 0.000648. The second-order valence-corrected chi connectivity index (χ2v) is 9.13. The van der Waals surface area contributed by atoms with Crippen molar-refractivity contribution in [3.63, 3.8) is 0 Å². The van der Waals surface area contributed by atoms with Gasteiger partial charge in [0.05, 0.1) is 11.3 Å². The normalized spacial score (nSPS) is 17.9. The van der Waals surface area contributed by atoms with Crippen molar-refractivity contribution in [2.75, 3.05) is 18.8 Å². The predicted molar refractivity (Wildman–Crippen MR) is 91.3 cm³/mol. The Labute approximate surface area is 140 Å². The van der Waals surface area contributed by atoms with Crippen molar-refractivity contribution in [3.8, 4) is 5.88 Å². The smallest absolute Gasteiger partial charge is 0.235 e. The molecule has 1 saturated heterocycles. The number of piperidine rings is 1. The third-order valence-corrected chi connectivity index (χ3v) is 6.96. The Morgan fingerprint density at radius 3 is 2.78 bits per heavy atom. The minimum Gasteiger partial charge on any atom is -0.473 e. The van der Waals surface area contributed by atoms with E-state index >= 15 is 0 Å². The number of hydrogen-bond donors (Lipinski definition) is 0. The van der Waals surface area contributed by atoms with Crippen molar-refractivity contribution in [1.82, 2.24) is 14.3 Å². The van der Waals surface area contributed by atoms with Gasteiger partial charge >= 0.3 is 0 Å². The summed E-state index contributed by atoms with van der Waals surface area (Å²) in [6.45, 7) is 4.88. The number of aromatic nitrogens is 2. The lowest BCUT2D eigenvalue weighted by atomic mass is 10.1. The van der Waals surface area contributed by atoms with E-state index in [1.165, 1.54) is 6.33 Å². The Kier molecular flexibility index (Phi) is 4.84. The van der Waals surface area contributed by atoms with Crippen molar-refractivity contribution in [1.29, 1.82) is 0 Å². The van der Waals surface area contributed by atoms with Gasteiger partial charge in [-0.3, -0.25) is 0 Å². The summed E-state index contributed by atoms with van der Waals surface area (Å²) < 4.78 is 33.1. The average Bonchev–Trinajstić information content (AvgIpc) is 2.96. The summed E-state index contributed by atoms with van der Waals surface area (Å²) in [5.41, 5.74) is 0.886. The lowest BCUT2D eigenvalue weighted by Crippen LogP contribution is -2.43. The molecule has 0 atom stereocenters. The van der Waals surface area contributed by atoms with Crippen molar-refractivity contribution in [2.45, 2.75) is 32.8 Å². The van der Waals surface area contributed by atoms with Crippen molar-refractivity contribution in [2.24, 2.45) is 5.92 Å². The van der Waals surface area contributed by atoms with Crippen LogP contribution >= 0.6 is 11.3 Å². The van der Waals surface area contributed by atoms with Gasteiger partial charge in [0.1, 0.15) is 17.1 Å². The third kappa shape index (κ3) is 3.81. The van der Waals surface area contributed by atoms with Gasteiger partial charge in [-0.2, -0.15) is 0 Å². The number of nitrogens with zero attached hydrogens (tertiary/aromatic N) is 3. The third-order valence-electron chi connectivity index (χ3n) is 3.83. The van der Waals surface area contributed by atoms with Crippen LogP contribution in [0.3, 0.4) is 0 Å². The van der Waals surface area contributed by atoms with Crippen LogP contribution < -0.4 is 4.74 Å². The van der Waals surface area contributed by atoms with Crippen molar-refractivity contribution in [3.05, 3.63) is 17.8 Å². The zero-order valence-electron chi connectivity index (χ0n) is 13.3. The molecule has 2 aromatic rings. The van der Waals surface area contributed by atoms with Gasteiger partial charge in [0.2, 0.25) is 15.9 Å². The van der Waals surface area contributed by atoms with E-state index in [0.29, 0.717) is 31.8 Å². The second kappa shape index (κ2) is 6.70. The molecule has 23 heavy (non-hydrogen) atoms. The van der Waals surface area contributed by atoms with Crippen LogP contribution in [-0.2, 0) is 10.0 Å². The number of sulfonamides is 1. The van der Waals surface area contributed by atoms with Crippen LogP contribution in [0.25, 0.3) is 10.2 Å². The molecule has 0 saturated carbocycles. The fourth-order valence-corrected chi connectivity index (χ4v) is 5.36. The van der Waals surface area contributed by atoms with Crippen LogP contribution in [0, 0.1) is 5.92 Å². The molecule has 3 heterocycles. The zero-order valence-corrected chi connectivity index (χ0v) is 14.9. The Balaban J connectivity index is 1.62. The lowest BCUT2D eigenvalue weighted by Gasteiger charge is -2.31. The van der Waals surface area contributed by atoms with Gasteiger partial charge in [0, 0.05) is 13.1 Å². The molecule has 0 aromatic carbocycles. The molecule has 2 aromatic heterocycles. The fraction of sp³-hybridized carbons (Fsp3) is 0.600. The van der Waals surface area contributed by atoms with Crippen LogP contribution in [0.1, 0.15) is 26.7 Å². The Bertz CT molecular complexity index is 765. The molecule has 0 radical (unpaired) electrons. The predicted octanol–water partition coefficient (Wildman–Crippen LogP) is 2.52. The number of hydrogen-bond acceptors (Lipinski definition) is 6. The molecule has 0 unspecified atom stereocenters. The SMILES string of the molecule is CC(C)CS(=O)(=O)N1CCC(Oc2ncnc3ccsc23)CC1. The van der Waals surface area contributed by atoms with E-state index in [9.17, 15) is 8.42 Å². The quantitative estimate of drug-likeness (QED) is 0.824. The summed E-state index contributed by atoms with van der Waals surface area (Å²) in [5, 5.41) is 1.97. The highest BCUT2D eigenvalue weighted by atomic mass is 32.2. The maximum absolute atomic E-state index is 12.3. The first kappa shape index (κ1) is 16.6. The van der Waals surface area contributed by atoms with Gasteiger partial charge in [0.15, 0.2) is 0 Å². The van der Waals surface area contributed by atoms with Crippen molar-refractivity contribution >= 4 is 31.6 Å². The molecule has 0 amide bonds. The highest BCUT2D eigenvalue weighted by Gasteiger charge is 2.29. The standard InChI is InChI=1S/C15H21N3O3S2/c1-11(2)9-23(19,20)18-6-3-12(4-7-18)21-15-14-13(5-8-22-14)16-10-17-15/h5,8,10-12H,3-4,6-7,9H2,1-2H3. The molecule has 0 bridgehead atoms. The summed E-state index contributed by atoms with van der Waals surface area (Å²) in [6.07, 6.45) is 2.88. The monoisotopic (exact) mass is 355 g/mol. The van der Waals surface area contributed by atoms with Gasteiger partial charge < -0.3 is 4.74 Å². The van der Waals surface area contributed by atoms with Crippen molar-refractivity contribution < 1.29 is 13.2 Å². The molecule has 1 fully saturated rings. The number of thiophene rings is 1. The summed E-state index contributed by atoms with van der Waals surface area (Å²) in [7, 11) is -3.15. The molecular formula is C15H21N3O3S2. The molecule has 0 aliphatic carbocycles. The minimum atomic E-state index is -3.15. The van der Waals surface area contributed by atoms with E-state index in [1.54, 1.807) is 15.6 Å². The fourth-order valence-electron chi connectivity index (χ4n) is 2.76. The van der Waals surface area contributed by atoms with E-state index in [2.05, 4.69) is 9.97 Å². The first-order chi connectivity index (χ1) is 11.0. The average molecular weight is 355 g/mol. The molecule has 126 valence electrons. The molecule has 3 rings (SSSR count). The largest absolute Gasteiger partial charge is 0.473 e. The van der Waals surface area contributed by atoms with Gasteiger partial charge in [-0.1, -0.05) is 13.8 Å². The Hall–Kier alpha value is -1.25. The summed E-state index contributed by atoms with van der Waals surface area (Å²) in [5.74, 6) is 0.955. The number of ether oxygens (including phenoxy) is 1. The van der Waals surface area contributed by atoms with Gasteiger partial charge in [-0.05, 0) is 30.2 Å². The first-order valence-electron chi connectivity index (χ1n) is 7.78. The number of fused-ring (bicyclic) bond motifs is 1. The van der Waals surface area contributed by atoms with Gasteiger partial charge in [0.25, 0.3) is 0 Å². The second-order valence-electron chi connectivity index (χ2n) is 6.20. The zero-order chi connectivity index (χ0) is 16.4. The van der Waals surface area contributed by atoms with Crippen LogP contribution in [-0.4, -0.2) is 47.6 Å². The number of rotatable bonds is 5. The molecule has 0 N–H and O–H groups in total. The van der Waals surface area contributed by atoms with E-state index < -0.39 is 10.0 Å². The molecule has 1 aliphatic rings. The summed E-state index contributed by atoms with van der Waals surface area (Å²) in [6, 6.07) is 1.94. The van der Waals surface area contributed by atoms with Crippen LogP contribution in [0.4, 0.5) is 0 Å². The Morgan fingerprint density at radius 1 is 1.35 bits per heavy atom. The molecule has 6 nitrogen and oxygen atoms in total. The highest BCUT2D eigenvalue weighted by molar-refractivity contribution is 7.89. The maximum atomic E-state index is 12.3. The van der Waals surface area contributed by atoms with Gasteiger partial charge in [-0.15, -0.1) is 11.3 Å². The lowest BCUT2D eigenvalue weighted by molar-refractivity contribution is 0.131. The molecule has 8 heteroatoms. The summed E-state index contributed by atoms with van der Waals surface area (Å²) >= 11 is 1.56. The van der Waals surface area contributed by atoms with E-state index in [1.807, 2.05) is 25.3 Å². The van der Waals surface area contributed by atoms with E-state index in [4.69, 9.17) is 4.74 Å². The van der Waals surface area contributed by atoms with Crippen LogP contribution in [0.15, 0.2) is 17.8 Å². The molecule has 0 spiro atoms. The molecular weight excluding hydrogens is 334 g/mol. The van der Waals surface area contributed by atoms with E-state index in [-0.39, 0.29) is 17.8 Å². The highest BCUT2D eigenvalue weighted by Crippen LogP contribution is 2.29. The maximum Gasteiger partial charge on any atom is 0.235 e. The van der Waals surface area contributed by atoms with Crippen LogP contribution in [0.2, 0.25) is 0 Å². The first-order valence-corrected chi connectivity index (χ1v) is 10.3. The van der Waals surface area contributed by atoms with Crippen LogP contribution in [0.5, 0.6) is 5.88 Å².